The van der Waals surface area contributed by atoms with E-state index in [1.165, 1.54) is 0 Å². The highest BCUT2D eigenvalue weighted by molar-refractivity contribution is 6.09. The van der Waals surface area contributed by atoms with Crippen LogP contribution in [-0.2, 0) is 6.42 Å². The predicted molar refractivity (Wildman–Crippen MR) is 107 cm³/mol. The van der Waals surface area contributed by atoms with Crippen molar-refractivity contribution in [2.75, 3.05) is 12.8 Å². The standard InChI is InChI=1S/C20H20N6O/c1-27-16-8-3-2-5-14(16)17-19(26-20(23)25-17)24-15-10-9-11-12(15)6-4-7-13(11)18(21)22/h2-8H,9-10H2,1H3,(H3,21,22)(H3,23,25,26). The van der Waals surface area contributed by atoms with Gasteiger partial charge in [0.05, 0.1) is 12.8 Å². The van der Waals surface area contributed by atoms with Gasteiger partial charge in [-0.15, -0.1) is 0 Å². The van der Waals surface area contributed by atoms with Gasteiger partial charge in [-0.25, -0.2) is 9.98 Å². The number of methoxy groups -OCH3 is 1. The van der Waals surface area contributed by atoms with E-state index in [1.807, 2.05) is 42.5 Å². The molecule has 1 aromatic heterocycles. The van der Waals surface area contributed by atoms with E-state index in [-0.39, 0.29) is 5.84 Å². The summed E-state index contributed by atoms with van der Waals surface area (Å²) in [5, 5.41) is 7.78. The molecule has 0 unspecified atom stereocenters. The number of H-pyrrole nitrogens is 1. The van der Waals surface area contributed by atoms with Crippen molar-refractivity contribution in [2.45, 2.75) is 12.8 Å². The summed E-state index contributed by atoms with van der Waals surface area (Å²) in [6, 6.07) is 13.4. The smallest absolute Gasteiger partial charge is 0.199 e. The van der Waals surface area contributed by atoms with Crippen molar-refractivity contribution in [1.29, 1.82) is 5.41 Å². The average Bonchev–Trinajstić information content (AvgIpc) is 3.25. The topological polar surface area (TPSA) is 126 Å². The SMILES string of the molecule is COc1ccccc1-c1nc(N)[nH]c1N=C1CCc2c(C(=N)N)cccc21. The summed E-state index contributed by atoms with van der Waals surface area (Å²) in [4.78, 5) is 12.3. The van der Waals surface area contributed by atoms with Gasteiger partial charge < -0.3 is 21.2 Å². The van der Waals surface area contributed by atoms with Gasteiger partial charge in [0.2, 0.25) is 0 Å². The summed E-state index contributed by atoms with van der Waals surface area (Å²) in [6.07, 6.45) is 1.57. The number of nitrogens with two attached hydrogens (primary N) is 2. The first-order valence-electron chi connectivity index (χ1n) is 8.61. The largest absolute Gasteiger partial charge is 0.496 e. The maximum Gasteiger partial charge on any atom is 0.199 e. The fraction of sp³-hybridized carbons (Fsp3) is 0.150. The van der Waals surface area contributed by atoms with Gasteiger partial charge in [-0.05, 0) is 36.1 Å². The number of aliphatic imine (C=N–C) groups is 1. The summed E-state index contributed by atoms with van der Waals surface area (Å²) in [5.41, 5.74) is 16.9. The summed E-state index contributed by atoms with van der Waals surface area (Å²) in [6.45, 7) is 0. The van der Waals surface area contributed by atoms with Crippen molar-refractivity contribution in [2.24, 2.45) is 10.7 Å². The number of nitrogen functional groups attached to an aromatic ring is 2. The second kappa shape index (κ2) is 6.60. The van der Waals surface area contributed by atoms with Gasteiger partial charge in [-0.1, -0.05) is 30.3 Å². The summed E-state index contributed by atoms with van der Waals surface area (Å²) in [7, 11) is 1.62. The third-order valence-electron chi connectivity index (χ3n) is 4.70. The van der Waals surface area contributed by atoms with Crippen LogP contribution in [0.2, 0.25) is 0 Å². The van der Waals surface area contributed by atoms with Gasteiger partial charge in [0, 0.05) is 11.1 Å². The van der Waals surface area contributed by atoms with E-state index in [9.17, 15) is 0 Å². The number of ether oxygens (including phenoxy) is 1. The zero-order chi connectivity index (χ0) is 19.0. The lowest BCUT2D eigenvalue weighted by atomic mass is 10.0. The van der Waals surface area contributed by atoms with Crippen molar-refractivity contribution < 1.29 is 4.74 Å². The average molecular weight is 360 g/mol. The normalized spacial score (nSPS) is 14.3. The first-order chi connectivity index (χ1) is 13.1. The van der Waals surface area contributed by atoms with E-state index < -0.39 is 0 Å². The molecule has 0 radical (unpaired) electrons. The van der Waals surface area contributed by atoms with E-state index in [0.29, 0.717) is 23.2 Å². The first-order valence-corrected chi connectivity index (χ1v) is 8.61. The van der Waals surface area contributed by atoms with Crippen LogP contribution in [0.15, 0.2) is 47.5 Å². The molecule has 0 amide bonds. The third kappa shape index (κ3) is 2.93. The molecule has 2 aromatic carbocycles. The number of imidazole rings is 1. The van der Waals surface area contributed by atoms with Crippen LogP contribution in [0.1, 0.15) is 23.1 Å². The van der Waals surface area contributed by atoms with E-state index in [1.54, 1.807) is 7.11 Å². The number of aromatic amines is 1. The second-order valence-electron chi connectivity index (χ2n) is 6.32. The third-order valence-corrected chi connectivity index (χ3v) is 4.70. The molecule has 4 rings (SSSR count). The number of amidine groups is 1. The van der Waals surface area contributed by atoms with Crippen LogP contribution in [0, 0.1) is 5.41 Å². The maximum atomic E-state index is 7.78. The highest BCUT2D eigenvalue weighted by atomic mass is 16.5. The number of para-hydroxylation sites is 1. The maximum absolute atomic E-state index is 7.78. The van der Waals surface area contributed by atoms with E-state index in [4.69, 9.17) is 26.6 Å². The molecule has 6 N–H and O–H groups in total. The van der Waals surface area contributed by atoms with Crippen molar-refractivity contribution >= 4 is 23.3 Å². The molecule has 3 aromatic rings. The Morgan fingerprint density at radius 3 is 2.70 bits per heavy atom. The molecule has 0 saturated heterocycles. The van der Waals surface area contributed by atoms with Gasteiger partial charge in [-0.3, -0.25) is 5.41 Å². The fourth-order valence-electron chi connectivity index (χ4n) is 3.50. The minimum atomic E-state index is 0.0774. The van der Waals surface area contributed by atoms with Crippen LogP contribution in [0.25, 0.3) is 11.3 Å². The molecule has 1 aliphatic carbocycles. The molecule has 0 fully saturated rings. The Labute approximate surface area is 156 Å². The molecule has 0 saturated carbocycles. The van der Waals surface area contributed by atoms with Gasteiger partial charge in [0.25, 0.3) is 0 Å². The Morgan fingerprint density at radius 2 is 1.93 bits per heavy atom. The van der Waals surface area contributed by atoms with E-state index >= 15 is 0 Å². The number of hydrogen-bond acceptors (Lipinski definition) is 5. The highest BCUT2D eigenvalue weighted by Crippen LogP contribution is 2.36. The van der Waals surface area contributed by atoms with Crippen molar-refractivity contribution in [1.82, 2.24) is 9.97 Å². The van der Waals surface area contributed by atoms with Gasteiger partial charge in [0.1, 0.15) is 17.3 Å². The lowest BCUT2D eigenvalue weighted by Gasteiger charge is -2.07. The summed E-state index contributed by atoms with van der Waals surface area (Å²) >= 11 is 0. The van der Waals surface area contributed by atoms with Crippen LogP contribution in [0.4, 0.5) is 11.8 Å². The molecule has 0 spiro atoms. The monoisotopic (exact) mass is 360 g/mol. The fourth-order valence-corrected chi connectivity index (χ4v) is 3.50. The Morgan fingerprint density at radius 1 is 1.15 bits per heavy atom. The Bertz CT molecular complexity index is 1070. The molecular weight excluding hydrogens is 340 g/mol. The number of benzene rings is 2. The van der Waals surface area contributed by atoms with Crippen molar-refractivity contribution in [3.8, 4) is 17.0 Å². The molecule has 7 nitrogen and oxygen atoms in total. The number of aromatic nitrogens is 2. The predicted octanol–water partition coefficient (Wildman–Crippen LogP) is 3.02. The first kappa shape index (κ1) is 16.8. The zero-order valence-corrected chi connectivity index (χ0v) is 14.9. The summed E-state index contributed by atoms with van der Waals surface area (Å²) < 4.78 is 5.45. The second-order valence-corrected chi connectivity index (χ2v) is 6.32. The highest BCUT2D eigenvalue weighted by Gasteiger charge is 2.23. The number of anilines is 1. The van der Waals surface area contributed by atoms with E-state index in [0.717, 1.165) is 40.8 Å². The van der Waals surface area contributed by atoms with Gasteiger partial charge >= 0.3 is 0 Å². The number of nitrogens with zero attached hydrogens (tertiary/aromatic N) is 2. The van der Waals surface area contributed by atoms with Crippen LogP contribution in [0.5, 0.6) is 5.75 Å². The minimum absolute atomic E-state index is 0.0774. The van der Waals surface area contributed by atoms with Crippen molar-refractivity contribution in [3.05, 3.63) is 59.2 Å². The van der Waals surface area contributed by atoms with Crippen LogP contribution >= 0.6 is 0 Å². The number of nitrogens with one attached hydrogen (secondary N) is 2. The molecular formula is C20H20N6O. The Balaban J connectivity index is 1.82. The zero-order valence-electron chi connectivity index (χ0n) is 14.9. The lowest BCUT2D eigenvalue weighted by Crippen LogP contribution is -2.13. The van der Waals surface area contributed by atoms with E-state index in [2.05, 4.69) is 9.97 Å². The number of rotatable bonds is 4. The molecule has 27 heavy (non-hydrogen) atoms. The van der Waals surface area contributed by atoms with Crippen molar-refractivity contribution in [3.63, 3.8) is 0 Å². The molecule has 7 heteroatoms. The molecule has 0 aliphatic heterocycles. The number of hydrogen-bond donors (Lipinski definition) is 4. The summed E-state index contributed by atoms with van der Waals surface area (Å²) in [5.74, 6) is 1.67. The quantitative estimate of drug-likeness (QED) is 0.421. The van der Waals surface area contributed by atoms with Crippen LogP contribution in [-0.4, -0.2) is 28.6 Å². The molecule has 0 bridgehead atoms. The van der Waals surface area contributed by atoms with Crippen LogP contribution in [0.3, 0.4) is 0 Å². The minimum Gasteiger partial charge on any atom is -0.496 e. The molecule has 1 heterocycles. The van der Waals surface area contributed by atoms with Crippen LogP contribution < -0.4 is 16.2 Å². The Hall–Kier alpha value is -3.61. The molecule has 1 aliphatic rings. The number of fused-ring (bicyclic) bond motifs is 1. The Kier molecular flexibility index (Phi) is 4.12. The van der Waals surface area contributed by atoms with Gasteiger partial charge in [-0.2, -0.15) is 0 Å². The van der Waals surface area contributed by atoms with Gasteiger partial charge in [0.15, 0.2) is 11.8 Å². The lowest BCUT2D eigenvalue weighted by molar-refractivity contribution is 0.416. The molecule has 0 atom stereocenters. The molecule has 136 valence electrons.